The fourth-order valence-electron chi connectivity index (χ4n) is 4.02. The van der Waals surface area contributed by atoms with Gasteiger partial charge in [-0.25, -0.2) is 18.4 Å². The summed E-state index contributed by atoms with van der Waals surface area (Å²) in [5.41, 5.74) is 3.03. The van der Waals surface area contributed by atoms with Crippen LogP contribution in [0.25, 0.3) is 0 Å². The van der Waals surface area contributed by atoms with Crippen LogP contribution in [0.1, 0.15) is 27.6 Å². The first-order valence-electron chi connectivity index (χ1n) is 9.02. The van der Waals surface area contributed by atoms with Gasteiger partial charge in [-0.15, -0.1) is 0 Å². The molecule has 2 atom stereocenters. The summed E-state index contributed by atoms with van der Waals surface area (Å²) in [4.78, 5) is 28.6. The number of aryl methyl sites for hydroxylation is 2. The van der Waals surface area contributed by atoms with Crippen molar-refractivity contribution in [2.24, 2.45) is 0 Å². The Balaban J connectivity index is 1.60. The van der Waals surface area contributed by atoms with E-state index in [0.717, 1.165) is 17.1 Å². The molecule has 2 aliphatic heterocycles. The minimum atomic E-state index is -3.19. The molecule has 8 nitrogen and oxygen atoms in total. The molecule has 0 saturated carbocycles. The molecular formula is C18H23N5O3S. The zero-order valence-electron chi connectivity index (χ0n) is 15.4. The molecule has 4 rings (SSSR count). The number of piperazine rings is 1. The highest BCUT2D eigenvalue weighted by atomic mass is 32.2. The van der Waals surface area contributed by atoms with E-state index in [2.05, 4.69) is 19.9 Å². The largest absolute Gasteiger partial charge is 0.348 e. The van der Waals surface area contributed by atoms with E-state index in [0.29, 0.717) is 25.3 Å². The van der Waals surface area contributed by atoms with Gasteiger partial charge in [0.2, 0.25) is 0 Å². The lowest BCUT2D eigenvalue weighted by molar-refractivity contribution is 0.0297. The van der Waals surface area contributed by atoms with Gasteiger partial charge in [0.25, 0.3) is 5.91 Å². The van der Waals surface area contributed by atoms with Crippen LogP contribution in [0.5, 0.6) is 0 Å². The lowest BCUT2D eigenvalue weighted by Crippen LogP contribution is -2.60. The molecule has 4 heterocycles. The highest BCUT2D eigenvalue weighted by Gasteiger charge is 2.48. The second-order valence-corrected chi connectivity index (χ2v) is 9.47. The van der Waals surface area contributed by atoms with Crippen LogP contribution in [0, 0.1) is 13.8 Å². The van der Waals surface area contributed by atoms with Crippen molar-refractivity contribution in [1.82, 2.24) is 24.8 Å². The number of rotatable bonds is 3. The molecule has 0 bridgehead atoms. The van der Waals surface area contributed by atoms with Crippen LogP contribution in [0.4, 0.5) is 0 Å². The van der Waals surface area contributed by atoms with Crippen LogP contribution in [0.3, 0.4) is 0 Å². The van der Waals surface area contributed by atoms with Gasteiger partial charge in [-0.3, -0.25) is 9.69 Å². The fourth-order valence-corrected chi connectivity index (χ4v) is 6.03. The number of carbonyl (C=O) groups is 1. The zero-order chi connectivity index (χ0) is 19.2. The zero-order valence-corrected chi connectivity index (χ0v) is 16.2. The van der Waals surface area contributed by atoms with Gasteiger partial charge >= 0.3 is 0 Å². The van der Waals surface area contributed by atoms with Gasteiger partial charge in [0.1, 0.15) is 5.69 Å². The molecule has 2 saturated heterocycles. The molecule has 1 N–H and O–H groups in total. The quantitative estimate of drug-likeness (QED) is 0.823. The number of hydrogen-bond donors (Lipinski definition) is 1. The van der Waals surface area contributed by atoms with E-state index in [9.17, 15) is 13.2 Å². The van der Waals surface area contributed by atoms with Gasteiger partial charge in [0.05, 0.1) is 29.6 Å². The summed E-state index contributed by atoms with van der Waals surface area (Å²) in [6, 6.07) is 4.76. The number of amides is 1. The van der Waals surface area contributed by atoms with Crippen molar-refractivity contribution < 1.29 is 13.2 Å². The minimum Gasteiger partial charge on any atom is -0.348 e. The first-order chi connectivity index (χ1) is 12.8. The molecule has 9 heteroatoms. The lowest BCUT2D eigenvalue weighted by atomic mass is 10.0. The Hall–Kier alpha value is -2.26. The summed E-state index contributed by atoms with van der Waals surface area (Å²) in [5, 5.41) is 0. The summed E-state index contributed by atoms with van der Waals surface area (Å²) in [6.45, 7) is 5.46. The Morgan fingerprint density at radius 3 is 2.70 bits per heavy atom. The van der Waals surface area contributed by atoms with Gasteiger partial charge < -0.3 is 9.88 Å². The maximum absolute atomic E-state index is 13.0. The van der Waals surface area contributed by atoms with Gasteiger partial charge in [0, 0.05) is 37.1 Å². The Kier molecular flexibility index (Phi) is 4.51. The topological polar surface area (TPSA) is 99.3 Å². The molecule has 0 aromatic carbocycles. The van der Waals surface area contributed by atoms with Gasteiger partial charge in [-0.05, 0) is 26.0 Å². The maximum Gasteiger partial charge on any atom is 0.272 e. The molecule has 0 spiro atoms. The van der Waals surface area contributed by atoms with Crippen molar-refractivity contribution in [2.75, 3.05) is 24.6 Å². The number of pyridine rings is 1. The van der Waals surface area contributed by atoms with E-state index in [-0.39, 0.29) is 29.5 Å². The normalized spacial score (nSPS) is 24.7. The molecule has 0 radical (unpaired) electrons. The fraction of sp³-hybridized carbons (Fsp3) is 0.500. The Labute approximate surface area is 158 Å². The van der Waals surface area contributed by atoms with Crippen molar-refractivity contribution in [2.45, 2.75) is 32.5 Å². The number of nitrogens with one attached hydrogen (secondary N) is 1. The summed E-state index contributed by atoms with van der Waals surface area (Å²) in [5.74, 6) is -0.112. The number of H-pyrrole nitrogens is 1. The molecule has 27 heavy (non-hydrogen) atoms. The van der Waals surface area contributed by atoms with E-state index in [1.54, 1.807) is 23.4 Å². The molecule has 144 valence electrons. The minimum absolute atomic E-state index is 0.00523. The third kappa shape index (κ3) is 3.49. The van der Waals surface area contributed by atoms with E-state index >= 15 is 0 Å². The average Bonchev–Trinajstić information content (AvgIpc) is 3.16. The Morgan fingerprint density at radius 1 is 1.22 bits per heavy atom. The van der Waals surface area contributed by atoms with Crippen LogP contribution >= 0.6 is 0 Å². The van der Waals surface area contributed by atoms with E-state index in [1.165, 1.54) is 0 Å². The molecule has 2 aliphatic rings. The third-order valence-electron chi connectivity index (χ3n) is 5.45. The molecule has 2 aromatic heterocycles. The van der Waals surface area contributed by atoms with Crippen molar-refractivity contribution in [3.8, 4) is 0 Å². The predicted octanol–water partition coefficient (Wildman–Crippen LogP) is 0.545. The summed E-state index contributed by atoms with van der Waals surface area (Å²) in [7, 11) is -3.19. The Morgan fingerprint density at radius 2 is 2.00 bits per heavy atom. The van der Waals surface area contributed by atoms with Crippen molar-refractivity contribution in [1.29, 1.82) is 0 Å². The lowest BCUT2D eigenvalue weighted by Gasteiger charge is -2.43. The van der Waals surface area contributed by atoms with Crippen molar-refractivity contribution in [3.05, 3.63) is 47.3 Å². The van der Waals surface area contributed by atoms with Crippen LogP contribution in [-0.4, -0.2) is 75.8 Å². The molecule has 2 fully saturated rings. The predicted molar refractivity (Wildman–Crippen MR) is 100.0 cm³/mol. The maximum atomic E-state index is 13.0. The smallest absolute Gasteiger partial charge is 0.272 e. The van der Waals surface area contributed by atoms with Crippen LogP contribution in [-0.2, 0) is 16.4 Å². The first kappa shape index (κ1) is 18.1. The number of nitrogens with zero attached hydrogens (tertiary/aromatic N) is 4. The van der Waals surface area contributed by atoms with Crippen LogP contribution in [0.15, 0.2) is 24.5 Å². The molecule has 1 amide bonds. The van der Waals surface area contributed by atoms with Crippen molar-refractivity contribution >= 4 is 15.7 Å². The van der Waals surface area contributed by atoms with Gasteiger partial charge in [-0.2, -0.15) is 0 Å². The number of carbonyl (C=O) groups excluding carboxylic acids is 1. The molecule has 2 aromatic rings. The number of hydrogen-bond acceptors (Lipinski definition) is 6. The molecule has 2 unspecified atom stereocenters. The number of sulfone groups is 1. The van der Waals surface area contributed by atoms with E-state index < -0.39 is 9.84 Å². The first-order valence-corrected chi connectivity index (χ1v) is 10.8. The summed E-state index contributed by atoms with van der Waals surface area (Å²) >= 11 is 0. The standard InChI is InChI=1S/C18H23N5O3S/c1-12-4-3-5-14(21-12)18(24)23-7-6-22(8-15-13(2)19-11-20-15)16-9-27(25,26)10-17(16)23/h3-5,11,16-17H,6-10H2,1-2H3,(H,19,20). The van der Waals surface area contributed by atoms with E-state index in [4.69, 9.17) is 0 Å². The number of aromatic nitrogens is 3. The summed E-state index contributed by atoms with van der Waals surface area (Å²) < 4.78 is 24.7. The summed E-state index contributed by atoms with van der Waals surface area (Å²) in [6.07, 6.45) is 1.65. The van der Waals surface area contributed by atoms with E-state index in [1.807, 2.05) is 19.9 Å². The number of aromatic amines is 1. The van der Waals surface area contributed by atoms with Crippen molar-refractivity contribution in [3.63, 3.8) is 0 Å². The molecular weight excluding hydrogens is 366 g/mol. The SMILES string of the molecule is Cc1cccc(C(=O)N2CCN(Cc3nc[nH]c3C)C3CS(=O)(=O)CC32)n1. The van der Waals surface area contributed by atoms with Gasteiger partial charge in [0.15, 0.2) is 9.84 Å². The second-order valence-electron chi connectivity index (χ2n) is 7.32. The van der Waals surface area contributed by atoms with Crippen LogP contribution in [0.2, 0.25) is 0 Å². The highest BCUT2D eigenvalue weighted by Crippen LogP contribution is 2.29. The number of fused-ring (bicyclic) bond motifs is 1. The number of imidazole rings is 1. The monoisotopic (exact) mass is 389 g/mol. The van der Waals surface area contributed by atoms with Crippen LogP contribution < -0.4 is 0 Å². The Bertz CT molecular complexity index is 971. The average molecular weight is 389 g/mol. The molecule has 0 aliphatic carbocycles. The second kappa shape index (κ2) is 6.72. The third-order valence-corrected chi connectivity index (χ3v) is 7.15. The van der Waals surface area contributed by atoms with Gasteiger partial charge in [-0.1, -0.05) is 6.07 Å². The highest BCUT2D eigenvalue weighted by molar-refractivity contribution is 7.91.